The second kappa shape index (κ2) is 9.45. The summed E-state index contributed by atoms with van der Waals surface area (Å²) in [7, 11) is 6.28. The molecule has 2 aromatic carbocycles. The highest BCUT2D eigenvalue weighted by molar-refractivity contribution is 6.07. The summed E-state index contributed by atoms with van der Waals surface area (Å²) in [6.45, 7) is 2.32. The second-order valence-corrected chi connectivity index (χ2v) is 6.82. The van der Waals surface area contributed by atoms with Gasteiger partial charge in [-0.1, -0.05) is 18.2 Å². The van der Waals surface area contributed by atoms with Crippen molar-refractivity contribution in [3.63, 3.8) is 0 Å². The number of benzene rings is 2. The highest BCUT2D eigenvalue weighted by Crippen LogP contribution is 2.41. The third-order valence-corrected chi connectivity index (χ3v) is 4.72. The molecule has 1 aromatic heterocycles. The molecule has 0 aliphatic carbocycles. The van der Waals surface area contributed by atoms with Crippen molar-refractivity contribution < 1.29 is 23.7 Å². The lowest BCUT2D eigenvalue weighted by molar-refractivity contribution is 0.0907. The minimum Gasteiger partial charge on any atom is -0.493 e. The Morgan fingerprint density at radius 1 is 1.00 bits per heavy atom. The molecule has 0 radical (unpaired) electrons. The first-order chi connectivity index (χ1) is 14.5. The first-order valence-corrected chi connectivity index (χ1v) is 9.52. The number of carbonyl (C=O) groups excluding carboxylic acids is 1. The molecular weight excluding hydrogens is 384 g/mol. The van der Waals surface area contributed by atoms with Crippen LogP contribution in [0.1, 0.15) is 17.3 Å². The van der Waals surface area contributed by atoms with Crippen LogP contribution >= 0.6 is 0 Å². The van der Waals surface area contributed by atoms with Crippen molar-refractivity contribution in [1.82, 2.24) is 10.3 Å². The zero-order valence-electron chi connectivity index (χ0n) is 17.8. The molecule has 1 heterocycles. The summed E-state index contributed by atoms with van der Waals surface area (Å²) < 4.78 is 21.4. The van der Waals surface area contributed by atoms with Gasteiger partial charge in [-0.3, -0.25) is 4.79 Å². The Bertz CT molecular complexity index is 1030. The third-order valence-electron chi connectivity index (χ3n) is 4.72. The van der Waals surface area contributed by atoms with E-state index in [0.29, 0.717) is 40.6 Å². The zero-order chi connectivity index (χ0) is 21.7. The average Bonchev–Trinajstić information content (AvgIpc) is 2.77. The van der Waals surface area contributed by atoms with Gasteiger partial charge in [-0.25, -0.2) is 4.98 Å². The number of pyridine rings is 1. The maximum Gasteiger partial charge on any atom is 0.252 e. The second-order valence-electron chi connectivity index (χ2n) is 6.82. The van der Waals surface area contributed by atoms with E-state index < -0.39 is 0 Å². The normalized spacial score (nSPS) is 11.8. The number of carbonyl (C=O) groups is 1. The number of nitrogens with one attached hydrogen (secondary N) is 1. The molecule has 0 aliphatic rings. The first-order valence-electron chi connectivity index (χ1n) is 9.52. The molecule has 1 atom stereocenters. The SMILES string of the molecule is COC[C@@H](C)NC(=O)c1cc(-c2cc(OC)c(OC)c(OC)c2)nc2ccccc12. The number of fused-ring (bicyclic) bond motifs is 1. The van der Waals surface area contributed by atoms with E-state index in [4.69, 9.17) is 23.9 Å². The minimum atomic E-state index is -0.188. The molecule has 3 aromatic rings. The molecule has 1 amide bonds. The molecule has 3 rings (SSSR count). The van der Waals surface area contributed by atoms with Crippen LogP contribution in [0.15, 0.2) is 42.5 Å². The van der Waals surface area contributed by atoms with Crippen LogP contribution in [0.4, 0.5) is 0 Å². The van der Waals surface area contributed by atoms with E-state index in [1.807, 2.05) is 43.3 Å². The quantitative estimate of drug-likeness (QED) is 0.610. The van der Waals surface area contributed by atoms with Crippen LogP contribution < -0.4 is 19.5 Å². The van der Waals surface area contributed by atoms with Crippen molar-refractivity contribution in [3.8, 4) is 28.5 Å². The summed E-state index contributed by atoms with van der Waals surface area (Å²) in [4.78, 5) is 17.8. The minimum absolute atomic E-state index is 0.126. The van der Waals surface area contributed by atoms with E-state index in [0.717, 1.165) is 10.9 Å². The van der Waals surface area contributed by atoms with E-state index in [9.17, 15) is 4.79 Å². The third kappa shape index (κ3) is 4.31. The predicted molar refractivity (Wildman–Crippen MR) is 116 cm³/mol. The summed E-state index contributed by atoms with van der Waals surface area (Å²) in [5.74, 6) is 1.34. The van der Waals surface area contributed by atoms with E-state index >= 15 is 0 Å². The van der Waals surface area contributed by atoms with Crippen molar-refractivity contribution in [2.24, 2.45) is 0 Å². The van der Waals surface area contributed by atoms with Crippen LogP contribution in [0.25, 0.3) is 22.2 Å². The molecule has 7 nitrogen and oxygen atoms in total. The number of hydrogen-bond donors (Lipinski definition) is 1. The topological polar surface area (TPSA) is 78.9 Å². The van der Waals surface area contributed by atoms with Gasteiger partial charge in [0, 0.05) is 24.1 Å². The maximum atomic E-state index is 13.0. The Morgan fingerprint density at radius 2 is 1.67 bits per heavy atom. The van der Waals surface area contributed by atoms with E-state index in [1.54, 1.807) is 34.5 Å². The maximum absolute atomic E-state index is 13.0. The monoisotopic (exact) mass is 410 g/mol. The van der Waals surface area contributed by atoms with Gasteiger partial charge in [-0.15, -0.1) is 0 Å². The lowest BCUT2D eigenvalue weighted by Gasteiger charge is -2.16. The number of amides is 1. The van der Waals surface area contributed by atoms with Crippen LogP contribution in [0.5, 0.6) is 17.2 Å². The van der Waals surface area contributed by atoms with Crippen LogP contribution in [0.3, 0.4) is 0 Å². The Morgan fingerprint density at radius 3 is 2.27 bits per heavy atom. The van der Waals surface area contributed by atoms with Gasteiger partial charge in [0.1, 0.15) is 0 Å². The van der Waals surface area contributed by atoms with Gasteiger partial charge in [0.15, 0.2) is 11.5 Å². The predicted octanol–water partition coefficient (Wildman–Crippen LogP) is 3.69. The summed E-state index contributed by atoms with van der Waals surface area (Å²) >= 11 is 0. The first kappa shape index (κ1) is 21.4. The number of aromatic nitrogens is 1. The largest absolute Gasteiger partial charge is 0.493 e. The Kier molecular flexibility index (Phi) is 6.74. The zero-order valence-corrected chi connectivity index (χ0v) is 17.8. The van der Waals surface area contributed by atoms with Crippen molar-refractivity contribution >= 4 is 16.8 Å². The fourth-order valence-electron chi connectivity index (χ4n) is 3.33. The van der Waals surface area contributed by atoms with Gasteiger partial charge in [0.2, 0.25) is 5.75 Å². The summed E-state index contributed by atoms with van der Waals surface area (Å²) in [5, 5.41) is 3.74. The van der Waals surface area contributed by atoms with Crippen LogP contribution in [-0.2, 0) is 4.74 Å². The van der Waals surface area contributed by atoms with E-state index in [1.165, 1.54) is 0 Å². The molecular formula is C23H26N2O5. The van der Waals surface area contributed by atoms with Gasteiger partial charge in [0.25, 0.3) is 5.91 Å². The number of hydrogen-bond acceptors (Lipinski definition) is 6. The number of nitrogens with zero attached hydrogens (tertiary/aromatic N) is 1. The summed E-state index contributed by atoms with van der Waals surface area (Å²) in [6.07, 6.45) is 0. The number of ether oxygens (including phenoxy) is 4. The molecule has 0 aliphatic heterocycles. The molecule has 1 N–H and O–H groups in total. The molecule has 0 saturated heterocycles. The van der Waals surface area contributed by atoms with Crippen molar-refractivity contribution in [3.05, 3.63) is 48.0 Å². The summed E-state index contributed by atoms with van der Waals surface area (Å²) in [5.41, 5.74) is 2.62. The fraction of sp³-hybridized carbons (Fsp3) is 0.304. The number of methoxy groups -OCH3 is 4. The van der Waals surface area contributed by atoms with E-state index in [-0.39, 0.29) is 11.9 Å². The molecule has 0 fully saturated rings. The molecule has 0 saturated carbocycles. The van der Waals surface area contributed by atoms with E-state index in [2.05, 4.69) is 5.32 Å². The van der Waals surface area contributed by atoms with Crippen molar-refractivity contribution in [2.75, 3.05) is 35.0 Å². The van der Waals surface area contributed by atoms with Crippen molar-refractivity contribution in [1.29, 1.82) is 0 Å². The van der Waals surface area contributed by atoms with Gasteiger partial charge in [0.05, 0.1) is 44.7 Å². The molecule has 30 heavy (non-hydrogen) atoms. The number of rotatable bonds is 8. The Labute approximate surface area is 175 Å². The van der Waals surface area contributed by atoms with Gasteiger partial charge in [-0.05, 0) is 31.2 Å². The lowest BCUT2D eigenvalue weighted by Crippen LogP contribution is -2.35. The molecule has 0 spiro atoms. The molecule has 0 bridgehead atoms. The number of para-hydroxylation sites is 1. The van der Waals surface area contributed by atoms with Crippen LogP contribution in [0.2, 0.25) is 0 Å². The molecule has 0 unspecified atom stereocenters. The summed E-state index contributed by atoms with van der Waals surface area (Å²) in [6, 6.07) is 12.8. The Hall–Kier alpha value is -3.32. The highest BCUT2D eigenvalue weighted by Gasteiger charge is 2.19. The van der Waals surface area contributed by atoms with Gasteiger partial charge in [-0.2, -0.15) is 0 Å². The van der Waals surface area contributed by atoms with Crippen molar-refractivity contribution in [2.45, 2.75) is 13.0 Å². The van der Waals surface area contributed by atoms with Crippen LogP contribution in [-0.4, -0.2) is 52.0 Å². The smallest absolute Gasteiger partial charge is 0.252 e. The fourth-order valence-corrected chi connectivity index (χ4v) is 3.33. The Balaban J connectivity index is 2.15. The van der Waals surface area contributed by atoms with Gasteiger partial charge < -0.3 is 24.3 Å². The average molecular weight is 410 g/mol. The molecule has 7 heteroatoms. The van der Waals surface area contributed by atoms with Gasteiger partial charge >= 0.3 is 0 Å². The lowest BCUT2D eigenvalue weighted by atomic mass is 10.0. The van der Waals surface area contributed by atoms with Crippen LogP contribution in [0, 0.1) is 0 Å². The standard InChI is InChI=1S/C23H26N2O5/c1-14(13-27-2)24-23(26)17-12-19(25-18-9-7-6-8-16(17)18)15-10-20(28-3)22(30-5)21(11-15)29-4/h6-12,14H,13H2,1-5H3,(H,24,26)/t14-/m1/s1. The molecule has 158 valence electrons. The highest BCUT2D eigenvalue weighted by atomic mass is 16.5.